The summed E-state index contributed by atoms with van der Waals surface area (Å²) in [5.41, 5.74) is 1.55. The zero-order valence-electron chi connectivity index (χ0n) is 20.4. The molecular weight excluding hydrogens is 591 g/mol. The maximum Gasteiger partial charge on any atom is 0.280 e. The Labute approximate surface area is 232 Å². The van der Waals surface area contributed by atoms with Crippen LogP contribution in [0.1, 0.15) is 35.7 Å². The van der Waals surface area contributed by atoms with Crippen LogP contribution >= 0.6 is 27.3 Å². The minimum atomic E-state index is -3.64. The van der Waals surface area contributed by atoms with E-state index in [1.54, 1.807) is 6.07 Å². The van der Waals surface area contributed by atoms with Crippen molar-refractivity contribution >= 4 is 64.8 Å². The summed E-state index contributed by atoms with van der Waals surface area (Å²) in [6.07, 6.45) is 3.19. The summed E-state index contributed by atoms with van der Waals surface area (Å²) < 4.78 is 43.0. The smallest absolute Gasteiger partial charge is 0.267 e. The molecule has 0 unspecified atom stereocenters. The highest BCUT2D eigenvalue weighted by Gasteiger charge is 2.29. The molecule has 38 heavy (non-hydrogen) atoms. The molecule has 11 heteroatoms. The number of aromatic nitrogens is 1. The number of piperidine rings is 1. The van der Waals surface area contributed by atoms with Crippen molar-refractivity contribution in [3.63, 3.8) is 0 Å². The Morgan fingerprint density at radius 3 is 2.47 bits per heavy atom. The van der Waals surface area contributed by atoms with Gasteiger partial charge in [-0.25, -0.2) is 17.8 Å². The number of hydrogen-bond donors (Lipinski definition) is 0. The molecule has 0 radical (unpaired) electrons. The van der Waals surface area contributed by atoms with Crippen molar-refractivity contribution in [2.75, 3.05) is 18.1 Å². The second kappa shape index (κ2) is 11.0. The first-order chi connectivity index (χ1) is 18.2. The lowest BCUT2D eigenvalue weighted by Crippen LogP contribution is -2.37. The van der Waals surface area contributed by atoms with E-state index in [1.807, 2.05) is 24.3 Å². The Kier molecular flexibility index (Phi) is 7.71. The molecule has 1 saturated heterocycles. The second-order valence-corrected chi connectivity index (χ2v) is 13.0. The summed E-state index contributed by atoms with van der Waals surface area (Å²) in [6, 6.07) is 17.5. The number of thiazole rings is 1. The second-order valence-electron chi connectivity index (χ2n) is 9.13. The molecule has 1 amide bonds. The van der Waals surface area contributed by atoms with Crippen LogP contribution in [0.2, 0.25) is 0 Å². The molecule has 0 N–H and O–H groups in total. The first-order valence-corrected chi connectivity index (χ1v) is 15.1. The molecule has 196 valence electrons. The molecule has 4 aromatic rings. The van der Waals surface area contributed by atoms with E-state index in [0.29, 0.717) is 29.2 Å². The molecule has 1 aliphatic heterocycles. The first kappa shape index (κ1) is 26.6. The quantitative estimate of drug-likeness (QED) is 0.188. The largest absolute Gasteiger partial charge is 0.280 e. The zero-order chi connectivity index (χ0) is 26.9. The van der Waals surface area contributed by atoms with Gasteiger partial charge in [0.15, 0.2) is 0 Å². The molecule has 1 aromatic heterocycles. The van der Waals surface area contributed by atoms with Crippen molar-refractivity contribution in [2.45, 2.75) is 24.7 Å². The third-order valence-electron chi connectivity index (χ3n) is 6.39. The van der Waals surface area contributed by atoms with Gasteiger partial charge in [-0.3, -0.25) is 4.79 Å². The number of sulfonamides is 1. The van der Waals surface area contributed by atoms with Crippen LogP contribution in [0.15, 0.2) is 81.2 Å². The van der Waals surface area contributed by atoms with E-state index in [4.69, 9.17) is 0 Å². The topological polar surface area (TPSA) is 82.9 Å². The molecule has 0 aliphatic carbocycles. The van der Waals surface area contributed by atoms with Crippen LogP contribution in [0.25, 0.3) is 10.2 Å². The van der Waals surface area contributed by atoms with Gasteiger partial charge in [-0.1, -0.05) is 46.3 Å². The normalized spacial score (nSPS) is 15.3. The maximum atomic E-state index is 13.8. The van der Waals surface area contributed by atoms with Crippen molar-refractivity contribution in [1.29, 1.82) is 0 Å². The first-order valence-electron chi connectivity index (χ1n) is 12.0. The number of anilines is 1. The fourth-order valence-corrected chi connectivity index (χ4v) is 6.79. The average Bonchev–Trinajstić information content (AvgIpc) is 3.33. The summed E-state index contributed by atoms with van der Waals surface area (Å²) in [7, 11) is -3.64. The molecule has 0 bridgehead atoms. The molecule has 0 saturated carbocycles. The lowest BCUT2D eigenvalue weighted by atomic mass is 10.0. The lowest BCUT2D eigenvalue weighted by Gasteiger charge is -2.29. The summed E-state index contributed by atoms with van der Waals surface area (Å²) in [5.74, 6) is -0.387. The molecular formula is C27H24BrFN4O3S2. The van der Waals surface area contributed by atoms with Crippen LogP contribution in [-0.2, 0) is 10.0 Å². The summed E-state index contributed by atoms with van der Waals surface area (Å²) in [6.45, 7) is 3.10. The molecule has 1 aliphatic rings. The van der Waals surface area contributed by atoms with Gasteiger partial charge in [0, 0.05) is 23.1 Å². The number of carbonyl (C=O) groups is 1. The van der Waals surface area contributed by atoms with Crippen LogP contribution in [-0.4, -0.2) is 42.9 Å². The molecule has 0 spiro atoms. The van der Waals surface area contributed by atoms with Crippen LogP contribution in [0.4, 0.5) is 9.52 Å². The van der Waals surface area contributed by atoms with Gasteiger partial charge in [0.05, 0.1) is 21.3 Å². The van der Waals surface area contributed by atoms with Crippen LogP contribution in [0.5, 0.6) is 0 Å². The fourth-order valence-electron chi connectivity index (χ4n) is 4.10. The lowest BCUT2D eigenvalue weighted by molar-refractivity contribution is 0.0987. The zero-order valence-corrected chi connectivity index (χ0v) is 23.6. The number of carbonyl (C=O) groups excluding carboxylic acids is 1. The number of nitrogens with zero attached hydrogens (tertiary/aromatic N) is 4. The van der Waals surface area contributed by atoms with Gasteiger partial charge >= 0.3 is 0 Å². The van der Waals surface area contributed by atoms with Gasteiger partial charge in [-0.2, -0.15) is 14.4 Å². The molecule has 0 atom stereocenters. The minimum Gasteiger partial charge on any atom is -0.267 e. The van der Waals surface area contributed by atoms with Crippen LogP contribution < -0.4 is 5.01 Å². The van der Waals surface area contributed by atoms with Crippen molar-refractivity contribution in [2.24, 2.45) is 11.0 Å². The number of amides is 1. The Morgan fingerprint density at radius 2 is 1.79 bits per heavy atom. The van der Waals surface area contributed by atoms with E-state index in [2.05, 4.69) is 32.9 Å². The maximum absolute atomic E-state index is 13.8. The number of rotatable bonds is 6. The highest BCUT2D eigenvalue weighted by molar-refractivity contribution is 9.10. The van der Waals surface area contributed by atoms with E-state index in [9.17, 15) is 17.6 Å². The van der Waals surface area contributed by atoms with Gasteiger partial charge in [-0.15, -0.1) is 0 Å². The molecule has 2 heterocycles. The molecule has 7 nitrogen and oxygen atoms in total. The summed E-state index contributed by atoms with van der Waals surface area (Å²) >= 11 is 4.53. The van der Waals surface area contributed by atoms with E-state index < -0.39 is 21.7 Å². The van der Waals surface area contributed by atoms with Crippen LogP contribution in [0.3, 0.4) is 0 Å². The Balaban J connectivity index is 1.46. The molecule has 1 fully saturated rings. The van der Waals surface area contributed by atoms with Crippen molar-refractivity contribution in [3.05, 3.63) is 88.1 Å². The Hall–Kier alpha value is -2.99. The van der Waals surface area contributed by atoms with E-state index in [-0.39, 0.29) is 15.6 Å². The average molecular weight is 616 g/mol. The number of hydrogen-bond acceptors (Lipinski definition) is 6. The van der Waals surface area contributed by atoms with Gasteiger partial charge in [0.2, 0.25) is 15.2 Å². The van der Waals surface area contributed by atoms with E-state index in [0.717, 1.165) is 39.2 Å². The number of fused-ring (bicyclic) bond motifs is 1. The Morgan fingerprint density at radius 1 is 1.11 bits per heavy atom. The third kappa shape index (κ3) is 5.70. The third-order valence-corrected chi connectivity index (χ3v) is 9.82. The highest BCUT2D eigenvalue weighted by Crippen LogP contribution is 2.31. The van der Waals surface area contributed by atoms with Crippen molar-refractivity contribution in [1.82, 2.24) is 9.29 Å². The standard InChI is InChI=1S/C27H24BrFN4O3S2/c1-18-12-14-32(15-13-18)38(35,36)23-9-4-20(5-10-23)26(34)33(30-17-19-2-6-21(28)7-3-19)27-31-24-11-8-22(29)16-25(24)37-27/h2-11,16-18H,12-15H2,1H3/b30-17+. The van der Waals surface area contributed by atoms with Crippen LogP contribution in [0, 0.1) is 11.7 Å². The van der Waals surface area contributed by atoms with E-state index >= 15 is 0 Å². The SMILES string of the molecule is CC1CCN(S(=O)(=O)c2ccc(C(=O)N(/N=C/c3ccc(Br)cc3)c3nc4ccc(F)cc4s3)cc2)CC1. The van der Waals surface area contributed by atoms with Crippen molar-refractivity contribution in [3.8, 4) is 0 Å². The van der Waals surface area contributed by atoms with Gasteiger partial charge in [0.1, 0.15) is 5.82 Å². The number of hydrazone groups is 1. The van der Waals surface area contributed by atoms with E-state index in [1.165, 1.54) is 46.9 Å². The molecule has 3 aromatic carbocycles. The predicted octanol–water partition coefficient (Wildman–Crippen LogP) is 6.30. The molecule has 5 rings (SSSR count). The van der Waals surface area contributed by atoms with Gasteiger partial charge in [0.25, 0.3) is 5.91 Å². The summed E-state index contributed by atoms with van der Waals surface area (Å²) in [4.78, 5) is 18.2. The Bertz CT molecular complexity index is 1600. The highest BCUT2D eigenvalue weighted by atomic mass is 79.9. The fraction of sp³-hybridized carbons (Fsp3) is 0.222. The van der Waals surface area contributed by atoms with Gasteiger partial charge in [-0.05, 0) is 78.9 Å². The number of benzene rings is 3. The summed E-state index contributed by atoms with van der Waals surface area (Å²) in [5, 5.41) is 5.83. The predicted molar refractivity (Wildman–Crippen MR) is 152 cm³/mol. The van der Waals surface area contributed by atoms with Crippen molar-refractivity contribution < 1.29 is 17.6 Å². The van der Waals surface area contributed by atoms with Gasteiger partial charge < -0.3 is 0 Å². The number of halogens is 2. The monoisotopic (exact) mass is 614 g/mol. The minimum absolute atomic E-state index is 0.143.